The lowest BCUT2D eigenvalue weighted by molar-refractivity contribution is 0.917. The summed E-state index contributed by atoms with van der Waals surface area (Å²) in [6, 6.07) is 22.4. The van der Waals surface area contributed by atoms with Gasteiger partial charge in [-0.25, -0.2) is 4.68 Å². The van der Waals surface area contributed by atoms with Crippen molar-refractivity contribution in [1.29, 1.82) is 0 Å². The van der Waals surface area contributed by atoms with Crippen LogP contribution in [0.3, 0.4) is 0 Å². The Bertz CT molecular complexity index is 1330. The molecule has 3 aromatic carbocycles. The van der Waals surface area contributed by atoms with Gasteiger partial charge >= 0.3 is 0 Å². The number of halogens is 1. The Morgan fingerprint density at radius 2 is 1.61 bits per heavy atom. The van der Waals surface area contributed by atoms with Crippen molar-refractivity contribution in [3.8, 4) is 16.9 Å². The van der Waals surface area contributed by atoms with E-state index in [0.717, 1.165) is 38.8 Å². The van der Waals surface area contributed by atoms with Gasteiger partial charge in [-0.1, -0.05) is 41.9 Å². The van der Waals surface area contributed by atoms with Crippen molar-refractivity contribution in [3.05, 3.63) is 89.1 Å². The van der Waals surface area contributed by atoms with E-state index in [1.54, 1.807) is 0 Å². The minimum atomic E-state index is 0.709. The van der Waals surface area contributed by atoms with Gasteiger partial charge in [-0.3, -0.25) is 4.98 Å². The number of hydrogen-bond donors (Lipinski definition) is 0. The molecule has 0 radical (unpaired) electrons. The van der Waals surface area contributed by atoms with Gasteiger partial charge in [0.15, 0.2) is 0 Å². The Labute approximate surface area is 168 Å². The zero-order valence-electron chi connectivity index (χ0n) is 15.6. The van der Waals surface area contributed by atoms with E-state index in [4.69, 9.17) is 16.7 Å². The second-order valence-electron chi connectivity index (χ2n) is 7.07. The quantitative estimate of drug-likeness (QED) is 0.348. The van der Waals surface area contributed by atoms with Crippen LogP contribution < -0.4 is 0 Å². The number of nitrogens with zero attached hydrogens (tertiary/aromatic N) is 3. The normalized spacial score (nSPS) is 11.4. The summed E-state index contributed by atoms with van der Waals surface area (Å²) < 4.78 is 2.00. The second-order valence-corrected chi connectivity index (χ2v) is 7.51. The molecule has 2 heterocycles. The Morgan fingerprint density at radius 3 is 2.39 bits per heavy atom. The van der Waals surface area contributed by atoms with Crippen LogP contribution in [-0.4, -0.2) is 14.8 Å². The lowest BCUT2D eigenvalue weighted by Crippen LogP contribution is -1.97. The van der Waals surface area contributed by atoms with Crippen molar-refractivity contribution in [2.45, 2.75) is 13.8 Å². The molecule has 0 aliphatic carbocycles. The molecule has 0 saturated carbocycles. The minimum Gasteiger partial charge on any atom is -0.255 e. The lowest BCUT2D eigenvalue weighted by Gasteiger charge is -2.06. The van der Waals surface area contributed by atoms with Crippen molar-refractivity contribution in [1.82, 2.24) is 14.8 Å². The molecule has 0 amide bonds. The van der Waals surface area contributed by atoms with E-state index in [2.05, 4.69) is 43.1 Å². The highest BCUT2D eigenvalue weighted by atomic mass is 35.5. The zero-order chi connectivity index (χ0) is 19.3. The third-order valence-electron chi connectivity index (χ3n) is 5.27. The largest absolute Gasteiger partial charge is 0.255 e. The first kappa shape index (κ1) is 17.0. The monoisotopic (exact) mass is 383 g/mol. The summed E-state index contributed by atoms with van der Waals surface area (Å²) in [4.78, 5) is 4.68. The average molecular weight is 384 g/mol. The molecular weight excluding hydrogens is 366 g/mol. The SMILES string of the molecule is Cc1ccc(-c2nn(-c3ccc(Cl)cc3)c3c2cnc2ccccc23)cc1C. The molecule has 4 heteroatoms. The first-order valence-corrected chi connectivity index (χ1v) is 9.59. The predicted molar refractivity (Wildman–Crippen MR) is 116 cm³/mol. The summed E-state index contributed by atoms with van der Waals surface area (Å²) in [7, 11) is 0. The number of fused-ring (bicyclic) bond motifs is 3. The van der Waals surface area contributed by atoms with E-state index >= 15 is 0 Å². The molecule has 0 spiro atoms. The lowest BCUT2D eigenvalue weighted by atomic mass is 10.0. The summed E-state index contributed by atoms with van der Waals surface area (Å²) in [5.74, 6) is 0. The molecule has 0 saturated heterocycles. The zero-order valence-corrected chi connectivity index (χ0v) is 16.4. The molecule has 0 aliphatic rings. The molecule has 0 fully saturated rings. The van der Waals surface area contributed by atoms with Gasteiger partial charge in [0.1, 0.15) is 5.69 Å². The highest BCUT2D eigenvalue weighted by molar-refractivity contribution is 6.30. The first-order chi connectivity index (χ1) is 13.6. The smallest absolute Gasteiger partial charge is 0.102 e. The van der Waals surface area contributed by atoms with Gasteiger partial charge in [0, 0.05) is 27.6 Å². The Morgan fingerprint density at radius 1 is 0.821 bits per heavy atom. The van der Waals surface area contributed by atoms with E-state index in [1.165, 1.54) is 11.1 Å². The molecule has 0 aliphatic heterocycles. The van der Waals surface area contributed by atoms with Crippen LogP contribution in [0.25, 0.3) is 38.8 Å². The van der Waals surface area contributed by atoms with Crippen molar-refractivity contribution >= 4 is 33.4 Å². The maximum atomic E-state index is 6.11. The number of pyridine rings is 1. The maximum Gasteiger partial charge on any atom is 0.102 e. The van der Waals surface area contributed by atoms with E-state index in [9.17, 15) is 0 Å². The third kappa shape index (κ3) is 2.67. The van der Waals surface area contributed by atoms with Crippen molar-refractivity contribution in [2.75, 3.05) is 0 Å². The predicted octanol–water partition coefficient (Wildman–Crippen LogP) is 6.51. The van der Waals surface area contributed by atoms with Crippen molar-refractivity contribution < 1.29 is 0 Å². The Kier molecular flexibility index (Phi) is 3.92. The number of para-hydroxylation sites is 1. The van der Waals surface area contributed by atoms with Crippen LogP contribution in [0.5, 0.6) is 0 Å². The van der Waals surface area contributed by atoms with E-state index < -0.39 is 0 Å². The van der Waals surface area contributed by atoms with E-state index in [1.807, 2.05) is 53.3 Å². The van der Waals surface area contributed by atoms with E-state index in [-0.39, 0.29) is 0 Å². The van der Waals surface area contributed by atoms with Gasteiger partial charge in [0.2, 0.25) is 0 Å². The maximum absolute atomic E-state index is 6.11. The number of rotatable bonds is 2. The summed E-state index contributed by atoms with van der Waals surface area (Å²) in [6.07, 6.45) is 1.93. The highest BCUT2D eigenvalue weighted by Crippen LogP contribution is 2.34. The summed E-state index contributed by atoms with van der Waals surface area (Å²) in [5.41, 5.74) is 7.54. The molecule has 5 rings (SSSR count). The summed E-state index contributed by atoms with van der Waals surface area (Å²) in [5, 5.41) is 7.84. The van der Waals surface area contributed by atoms with Crippen LogP contribution in [0.4, 0.5) is 0 Å². The van der Waals surface area contributed by atoms with Crippen LogP contribution in [-0.2, 0) is 0 Å². The van der Waals surface area contributed by atoms with Gasteiger partial charge in [0.25, 0.3) is 0 Å². The molecule has 3 nitrogen and oxygen atoms in total. The Balaban J connectivity index is 1.88. The van der Waals surface area contributed by atoms with Crippen molar-refractivity contribution in [2.24, 2.45) is 0 Å². The van der Waals surface area contributed by atoms with Gasteiger partial charge in [-0.05, 0) is 61.4 Å². The molecule has 0 unspecified atom stereocenters. The summed E-state index contributed by atoms with van der Waals surface area (Å²) in [6.45, 7) is 4.25. The van der Waals surface area contributed by atoms with Gasteiger partial charge < -0.3 is 0 Å². The molecule has 0 atom stereocenters. The van der Waals surface area contributed by atoms with Crippen LogP contribution in [0.2, 0.25) is 5.02 Å². The second kappa shape index (κ2) is 6.47. The van der Waals surface area contributed by atoms with Gasteiger partial charge in [-0.15, -0.1) is 0 Å². The minimum absolute atomic E-state index is 0.709. The molecule has 28 heavy (non-hydrogen) atoms. The van der Waals surface area contributed by atoms with Gasteiger partial charge in [0.05, 0.1) is 16.7 Å². The number of benzene rings is 3. The third-order valence-corrected chi connectivity index (χ3v) is 5.52. The number of hydrogen-bond acceptors (Lipinski definition) is 2. The topological polar surface area (TPSA) is 30.7 Å². The molecule has 5 aromatic rings. The fourth-order valence-electron chi connectivity index (χ4n) is 3.60. The first-order valence-electron chi connectivity index (χ1n) is 9.22. The molecule has 0 N–H and O–H groups in total. The molecule has 136 valence electrons. The van der Waals surface area contributed by atoms with Gasteiger partial charge in [-0.2, -0.15) is 5.10 Å². The fraction of sp³-hybridized carbons (Fsp3) is 0.0833. The summed E-state index contributed by atoms with van der Waals surface area (Å²) >= 11 is 6.11. The molecule has 0 bridgehead atoms. The fourth-order valence-corrected chi connectivity index (χ4v) is 3.73. The highest BCUT2D eigenvalue weighted by Gasteiger charge is 2.17. The van der Waals surface area contributed by atoms with Crippen LogP contribution in [0.15, 0.2) is 72.9 Å². The molecule has 2 aromatic heterocycles. The number of aryl methyl sites for hydroxylation is 2. The van der Waals surface area contributed by atoms with Crippen molar-refractivity contribution in [3.63, 3.8) is 0 Å². The molecular formula is C24H18ClN3. The van der Waals surface area contributed by atoms with Crippen LogP contribution in [0, 0.1) is 13.8 Å². The standard InChI is InChI=1S/C24H18ClN3/c1-15-7-8-17(13-16(15)2)23-21-14-26-22-6-4-3-5-20(22)24(21)28(27-23)19-11-9-18(25)10-12-19/h3-14H,1-2H3. The average Bonchev–Trinajstić information content (AvgIpc) is 3.11. The van der Waals surface area contributed by atoms with Crippen LogP contribution in [0.1, 0.15) is 11.1 Å². The van der Waals surface area contributed by atoms with E-state index in [0.29, 0.717) is 5.02 Å². The van der Waals surface area contributed by atoms with Crippen LogP contribution >= 0.6 is 11.6 Å². The Hall–Kier alpha value is -3.17. The number of aromatic nitrogens is 3.